The predicted molar refractivity (Wildman–Crippen MR) is 87.4 cm³/mol. The van der Waals surface area contributed by atoms with E-state index in [0.717, 1.165) is 45.7 Å². The second-order valence-corrected chi connectivity index (χ2v) is 5.70. The third kappa shape index (κ3) is 3.67. The third-order valence-corrected chi connectivity index (χ3v) is 4.28. The molecular weight excluding hydrogens is 282 g/mol. The van der Waals surface area contributed by atoms with Gasteiger partial charge in [0.15, 0.2) is 0 Å². The van der Waals surface area contributed by atoms with Crippen LogP contribution in [0.15, 0.2) is 34.2 Å². The summed E-state index contributed by atoms with van der Waals surface area (Å²) in [6, 6.07) is 7.99. The summed E-state index contributed by atoms with van der Waals surface area (Å²) < 4.78 is 5.41. The monoisotopic (exact) mass is 303 g/mol. The molecule has 0 radical (unpaired) electrons. The first-order valence-electron chi connectivity index (χ1n) is 7.05. The number of nitrogens with zero attached hydrogens (tertiary/aromatic N) is 2. The van der Waals surface area contributed by atoms with Crippen LogP contribution in [0, 0.1) is 6.92 Å². The van der Waals surface area contributed by atoms with E-state index >= 15 is 0 Å². The van der Waals surface area contributed by atoms with Crippen LogP contribution < -0.4 is 10.1 Å². The molecule has 0 saturated carbocycles. The molecule has 4 nitrogen and oxygen atoms in total. The zero-order valence-corrected chi connectivity index (χ0v) is 13.8. The molecule has 0 spiro atoms. The van der Waals surface area contributed by atoms with Crippen molar-refractivity contribution in [2.75, 3.05) is 19.5 Å². The third-order valence-electron chi connectivity index (χ3n) is 3.13. The Morgan fingerprint density at radius 1 is 1.24 bits per heavy atom. The Morgan fingerprint density at radius 2 is 2.00 bits per heavy atom. The molecule has 2 rings (SSSR count). The highest BCUT2D eigenvalue weighted by Gasteiger charge is 2.13. The first-order valence-corrected chi connectivity index (χ1v) is 7.87. The predicted octanol–water partition coefficient (Wildman–Crippen LogP) is 3.94. The lowest BCUT2D eigenvalue weighted by atomic mass is 10.3. The second-order valence-electron chi connectivity index (χ2n) is 4.67. The number of hydrogen-bond donors (Lipinski definition) is 1. The Hall–Kier alpha value is -1.75. The summed E-state index contributed by atoms with van der Waals surface area (Å²) >= 11 is 1.62. The Kier molecular flexibility index (Phi) is 5.44. The van der Waals surface area contributed by atoms with Crippen LogP contribution in [0.25, 0.3) is 0 Å². The van der Waals surface area contributed by atoms with E-state index in [9.17, 15) is 0 Å². The molecule has 1 N–H and O–H groups in total. The van der Waals surface area contributed by atoms with E-state index < -0.39 is 0 Å². The number of ether oxygens (including phenoxy) is 1. The Balaban J connectivity index is 2.40. The van der Waals surface area contributed by atoms with Crippen molar-refractivity contribution >= 4 is 17.6 Å². The number of aromatic nitrogens is 2. The molecule has 0 amide bonds. The fourth-order valence-electron chi connectivity index (χ4n) is 2.03. The van der Waals surface area contributed by atoms with Gasteiger partial charge in [0.2, 0.25) is 0 Å². The molecule has 0 bridgehead atoms. The molecule has 0 aliphatic rings. The van der Waals surface area contributed by atoms with E-state index in [2.05, 4.69) is 17.2 Å². The molecule has 2 aromatic rings. The lowest BCUT2D eigenvalue weighted by Crippen LogP contribution is -2.04. The van der Waals surface area contributed by atoms with Gasteiger partial charge in [-0.3, -0.25) is 0 Å². The first-order chi connectivity index (χ1) is 10.2. The molecule has 0 fully saturated rings. The van der Waals surface area contributed by atoms with Crippen LogP contribution in [-0.2, 0) is 6.42 Å². The molecule has 5 heteroatoms. The summed E-state index contributed by atoms with van der Waals surface area (Å²) in [5, 5.41) is 4.13. The largest absolute Gasteiger partial charge is 0.496 e. The summed E-state index contributed by atoms with van der Waals surface area (Å²) in [6.45, 7) is 4.18. The molecule has 0 aliphatic carbocycles. The highest BCUT2D eigenvalue weighted by atomic mass is 32.2. The van der Waals surface area contributed by atoms with Crippen molar-refractivity contribution < 1.29 is 4.74 Å². The van der Waals surface area contributed by atoms with E-state index in [1.165, 1.54) is 0 Å². The van der Waals surface area contributed by atoms with Crippen LogP contribution in [0.1, 0.15) is 24.7 Å². The van der Waals surface area contributed by atoms with Gasteiger partial charge in [-0.1, -0.05) is 30.8 Å². The van der Waals surface area contributed by atoms with E-state index in [-0.39, 0.29) is 0 Å². The molecule has 0 saturated heterocycles. The van der Waals surface area contributed by atoms with Gasteiger partial charge < -0.3 is 10.1 Å². The highest BCUT2D eigenvalue weighted by Crippen LogP contribution is 2.36. The van der Waals surface area contributed by atoms with Crippen molar-refractivity contribution in [3.8, 4) is 5.75 Å². The molecule has 0 atom stereocenters. The van der Waals surface area contributed by atoms with Gasteiger partial charge in [-0.25, -0.2) is 9.97 Å². The van der Waals surface area contributed by atoms with Gasteiger partial charge in [-0.05, 0) is 25.5 Å². The maximum absolute atomic E-state index is 5.41. The first kappa shape index (κ1) is 15.6. The molecule has 1 aromatic heterocycles. The van der Waals surface area contributed by atoms with Crippen LogP contribution in [-0.4, -0.2) is 24.1 Å². The minimum absolute atomic E-state index is 0.864. The maximum atomic E-state index is 5.41. The number of para-hydroxylation sites is 1. The average Bonchev–Trinajstić information content (AvgIpc) is 2.51. The van der Waals surface area contributed by atoms with E-state index in [1.54, 1.807) is 18.9 Å². The molecule has 0 aliphatic heterocycles. The molecule has 112 valence electrons. The minimum atomic E-state index is 0.864. The van der Waals surface area contributed by atoms with Gasteiger partial charge in [0.1, 0.15) is 22.4 Å². The Morgan fingerprint density at radius 3 is 2.67 bits per heavy atom. The van der Waals surface area contributed by atoms with Crippen molar-refractivity contribution in [1.29, 1.82) is 0 Å². The number of methoxy groups -OCH3 is 1. The highest BCUT2D eigenvalue weighted by molar-refractivity contribution is 7.99. The van der Waals surface area contributed by atoms with Crippen LogP contribution in [0.4, 0.5) is 5.82 Å². The number of nitrogens with one attached hydrogen (secondary N) is 1. The van der Waals surface area contributed by atoms with E-state index in [0.29, 0.717) is 0 Å². The van der Waals surface area contributed by atoms with Crippen molar-refractivity contribution in [1.82, 2.24) is 9.97 Å². The number of hydrogen-bond acceptors (Lipinski definition) is 5. The number of rotatable bonds is 6. The van der Waals surface area contributed by atoms with Gasteiger partial charge in [0, 0.05) is 19.0 Å². The second kappa shape index (κ2) is 7.31. The number of benzene rings is 1. The van der Waals surface area contributed by atoms with Gasteiger partial charge >= 0.3 is 0 Å². The van der Waals surface area contributed by atoms with E-state index in [1.807, 2.05) is 38.2 Å². The minimum Gasteiger partial charge on any atom is -0.496 e. The topological polar surface area (TPSA) is 47.0 Å². The summed E-state index contributed by atoms with van der Waals surface area (Å²) in [5.74, 6) is 2.64. The van der Waals surface area contributed by atoms with Crippen LogP contribution in [0.5, 0.6) is 5.75 Å². The zero-order chi connectivity index (χ0) is 15.2. The van der Waals surface area contributed by atoms with Gasteiger partial charge in [0.05, 0.1) is 12.0 Å². The SMILES string of the molecule is CCCc1nc(NC)c(C)c(Sc2ccccc2OC)n1. The standard InChI is InChI=1S/C16H21N3OS/c1-5-8-14-18-15(17-3)11(2)16(19-14)21-13-10-7-6-9-12(13)20-4/h6-7,9-10H,5,8H2,1-4H3,(H,17,18,19). The van der Waals surface area contributed by atoms with Crippen LogP contribution in [0.2, 0.25) is 0 Å². The quantitative estimate of drug-likeness (QED) is 0.819. The van der Waals surface area contributed by atoms with Crippen molar-refractivity contribution in [2.24, 2.45) is 0 Å². The zero-order valence-electron chi connectivity index (χ0n) is 12.9. The summed E-state index contributed by atoms with van der Waals surface area (Å²) in [6.07, 6.45) is 1.92. The molecule has 1 aromatic carbocycles. The summed E-state index contributed by atoms with van der Waals surface area (Å²) in [5.41, 5.74) is 1.06. The Bertz CT molecular complexity index is 616. The molecular formula is C16H21N3OS. The lowest BCUT2D eigenvalue weighted by Gasteiger charge is -2.13. The van der Waals surface area contributed by atoms with Crippen molar-refractivity contribution in [3.63, 3.8) is 0 Å². The summed E-state index contributed by atoms with van der Waals surface area (Å²) in [7, 11) is 3.58. The normalized spacial score (nSPS) is 10.5. The van der Waals surface area contributed by atoms with Crippen LogP contribution >= 0.6 is 11.8 Å². The fraction of sp³-hybridized carbons (Fsp3) is 0.375. The lowest BCUT2D eigenvalue weighted by molar-refractivity contribution is 0.405. The average molecular weight is 303 g/mol. The van der Waals surface area contributed by atoms with Crippen LogP contribution in [0.3, 0.4) is 0 Å². The van der Waals surface area contributed by atoms with Crippen molar-refractivity contribution in [2.45, 2.75) is 36.6 Å². The van der Waals surface area contributed by atoms with Crippen molar-refractivity contribution in [3.05, 3.63) is 35.7 Å². The summed E-state index contributed by atoms with van der Waals surface area (Å²) in [4.78, 5) is 10.3. The molecule has 21 heavy (non-hydrogen) atoms. The molecule has 0 unspecified atom stereocenters. The fourth-order valence-corrected chi connectivity index (χ4v) is 3.03. The van der Waals surface area contributed by atoms with E-state index in [4.69, 9.17) is 9.72 Å². The van der Waals surface area contributed by atoms with Gasteiger partial charge in [-0.2, -0.15) is 0 Å². The Labute approximate surface area is 130 Å². The number of anilines is 1. The van der Waals surface area contributed by atoms with Gasteiger partial charge in [-0.15, -0.1) is 0 Å². The molecule has 1 heterocycles. The smallest absolute Gasteiger partial charge is 0.133 e. The maximum Gasteiger partial charge on any atom is 0.133 e. The number of aryl methyl sites for hydroxylation is 1. The van der Waals surface area contributed by atoms with Gasteiger partial charge in [0.25, 0.3) is 0 Å².